The molecule has 5 nitrogen and oxygen atoms in total. The molecule has 0 aliphatic heterocycles. The number of amides is 1. The summed E-state index contributed by atoms with van der Waals surface area (Å²) in [4.78, 5) is 16.9. The number of aryl methyl sites for hydroxylation is 1. The van der Waals surface area contributed by atoms with Gasteiger partial charge in [-0.25, -0.2) is 0 Å². The molecule has 0 fully saturated rings. The van der Waals surface area contributed by atoms with Gasteiger partial charge >= 0.3 is 0 Å². The highest BCUT2D eigenvalue weighted by Crippen LogP contribution is 2.22. The van der Waals surface area contributed by atoms with E-state index in [9.17, 15) is 4.79 Å². The van der Waals surface area contributed by atoms with E-state index < -0.39 is 0 Å². The van der Waals surface area contributed by atoms with Crippen molar-refractivity contribution < 1.29 is 9.21 Å². The van der Waals surface area contributed by atoms with Crippen LogP contribution in [0.15, 0.2) is 71.6 Å². The third-order valence-electron chi connectivity index (χ3n) is 4.45. The quantitative estimate of drug-likeness (QED) is 0.600. The molecular weight excluding hydrogens is 326 g/mol. The van der Waals surface area contributed by atoms with Crippen molar-refractivity contribution in [3.8, 4) is 11.5 Å². The van der Waals surface area contributed by atoms with E-state index in [1.807, 2.05) is 60.3 Å². The van der Waals surface area contributed by atoms with Gasteiger partial charge in [0.2, 0.25) is 5.91 Å². The van der Waals surface area contributed by atoms with Gasteiger partial charge < -0.3 is 14.3 Å². The van der Waals surface area contributed by atoms with Gasteiger partial charge in [-0.2, -0.15) is 0 Å². The average molecular weight is 345 g/mol. The number of hydrogen-bond acceptors (Lipinski definition) is 3. The van der Waals surface area contributed by atoms with Gasteiger partial charge in [-0.15, -0.1) is 0 Å². The minimum absolute atomic E-state index is 0.0180. The SMILES string of the molecule is Cn1cc(CC(=O)NCc2cccnc2-c2ccco2)c2ccccc21. The van der Waals surface area contributed by atoms with E-state index in [2.05, 4.69) is 16.4 Å². The molecule has 0 spiro atoms. The number of carbonyl (C=O) groups excluding carboxylic acids is 1. The zero-order valence-corrected chi connectivity index (χ0v) is 14.5. The first-order valence-electron chi connectivity index (χ1n) is 8.50. The van der Waals surface area contributed by atoms with Gasteiger partial charge in [0.05, 0.1) is 12.7 Å². The van der Waals surface area contributed by atoms with Crippen molar-refractivity contribution >= 4 is 16.8 Å². The van der Waals surface area contributed by atoms with Crippen LogP contribution in [0.4, 0.5) is 0 Å². The van der Waals surface area contributed by atoms with Gasteiger partial charge in [0.25, 0.3) is 0 Å². The predicted octanol–water partition coefficient (Wildman–Crippen LogP) is 3.69. The van der Waals surface area contributed by atoms with E-state index in [1.165, 1.54) is 0 Å². The molecule has 4 rings (SSSR count). The molecule has 0 aliphatic rings. The molecule has 0 saturated carbocycles. The summed E-state index contributed by atoms with van der Waals surface area (Å²) in [5, 5.41) is 4.11. The van der Waals surface area contributed by atoms with Crippen LogP contribution in [-0.2, 0) is 24.8 Å². The van der Waals surface area contributed by atoms with E-state index in [0.717, 1.165) is 27.7 Å². The Hall–Kier alpha value is -3.34. The number of furan rings is 1. The minimum Gasteiger partial charge on any atom is -0.463 e. The second-order valence-electron chi connectivity index (χ2n) is 6.22. The number of hydrogen-bond donors (Lipinski definition) is 1. The summed E-state index contributed by atoms with van der Waals surface area (Å²) in [6.45, 7) is 0.410. The van der Waals surface area contributed by atoms with Crippen molar-refractivity contribution in [3.05, 3.63) is 78.3 Å². The van der Waals surface area contributed by atoms with Gasteiger partial charge in [0.15, 0.2) is 5.76 Å². The summed E-state index contributed by atoms with van der Waals surface area (Å²) in [5.74, 6) is 0.680. The topological polar surface area (TPSA) is 60.1 Å². The van der Waals surface area contributed by atoms with Crippen molar-refractivity contribution in [2.24, 2.45) is 7.05 Å². The number of pyridine rings is 1. The Balaban J connectivity index is 1.48. The Kier molecular flexibility index (Phi) is 4.27. The molecule has 0 unspecified atom stereocenters. The second kappa shape index (κ2) is 6.88. The fourth-order valence-electron chi connectivity index (χ4n) is 3.21. The van der Waals surface area contributed by atoms with E-state index in [1.54, 1.807) is 12.5 Å². The Bertz CT molecular complexity index is 1050. The summed E-state index contributed by atoms with van der Waals surface area (Å²) in [5.41, 5.74) is 3.83. The van der Waals surface area contributed by atoms with Crippen molar-refractivity contribution in [2.45, 2.75) is 13.0 Å². The maximum atomic E-state index is 12.5. The molecule has 0 atom stereocenters. The highest BCUT2D eigenvalue weighted by Gasteiger charge is 2.12. The van der Waals surface area contributed by atoms with Crippen LogP contribution < -0.4 is 5.32 Å². The first-order chi connectivity index (χ1) is 12.7. The molecule has 26 heavy (non-hydrogen) atoms. The summed E-state index contributed by atoms with van der Waals surface area (Å²) >= 11 is 0. The predicted molar refractivity (Wildman–Crippen MR) is 100 cm³/mol. The van der Waals surface area contributed by atoms with Gasteiger partial charge in [-0.3, -0.25) is 9.78 Å². The molecular formula is C21H19N3O2. The van der Waals surface area contributed by atoms with Crippen LogP contribution in [0, 0.1) is 0 Å². The van der Waals surface area contributed by atoms with Crippen molar-refractivity contribution in [1.29, 1.82) is 0 Å². The molecule has 0 radical (unpaired) electrons. The number of nitrogens with one attached hydrogen (secondary N) is 1. The van der Waals surface area contributed by atoms with Crippen molar-refractivity contribution in [1.82, 2.24) is 14.9 Å². The Morgan fingerprint density at radius 1 is 1.12 bits per heavy atom. The van der Waals surface area contributed by atoms with Crippen LogP contribution in [0.2, 0.25) is 0 Å². The third kappa shape index (κ3) is 3.11. The van der Waals surface area contributed by atoms with E-state index >= 15 is 0 Å². The first-order valence-corrected chi connectivity index (χ1v) is 8.50. The van der Waals surface area contributed by atoms with Crippen LogP contribution in [-0.4, -0.2) is 15.5 Å². The molecule has 0 aliphatic carbocycles. The van der Waals surface area contributed by atoms with Crippen molar-refractivity contribution in [3.63, 3.8) is 0 Å². The van der Waals surface area contributed by atoms with Crippen LogP contribution in [0.3, 0.4) is 0 Å². The van der Waals surface area contributed by atoms with Gasteiger partial charge in [-0.1, -0.05) is 24.3 Å². The molecule has 5 heteroatoms. The summed E-state index contributed by atoms with van der Waals surface area (Å²) in [6.07, 6.45) is 5.70. The number of carbonyl (C=O) groups is 1. The molecule has 3 heterocycles. The average Bonchev–Trinajstić information content (AvgIpc) is 3.30. The number of aromatic nitrogens is 2. The molecule has 1 N–H and O–H groups in total. The first kappa shape index (κ1) is 16.1. The minimum atomic E-state index is -0.0180. The smallest absolute Gasteiger partial charge is 0.224 e. The lowest BCUT2D eigenvalue weighted by molar-refractivity contribution is -0.120. The second-order valence-corrected chi connectivity index (χ2v) is 6.22. The molecule has 130 valence electrons. The molecule has 1 aromatic carbocycles. The van der Waals surface area contributed by atoms with Crippen LogP contribution in [0.5, 0.6) is 0 Å². The number of benzene rings is 1. The molecule has 1 amide bonds. The van der Waals surface area contributed by atoms with E-state index in [-0.39, 0.29) is 5.91 Å². The lowest BCUT2D eigenvalue weighted by Gasteiger charge is -2.08. The Morgan fingerprint density at radius 3 is 2.85 bits per heavy atom. The normalized spacial score (nSPS) is 11.0. The van der Waals surface area contributed by atoms with Gasteiger partial charge in [-0.05, 0) is 29.8 Å². The molecule has 0 bridgehead atoms. The Labute approximate surface area is 151 Å². The number of rotatable bonds is 5. The number of fused-ring (bicyclic) bond motifs is 1. The third-order valence-corrected chi connectivity index (χ3v) is 4.45. The number of nitrogens with zero attached hydrogens (tertiary/aromatic N) is 2. The maximum absolute atomic E-state index is 12.5. The monoisotopic (exact) mass is 345 g/mol. The van der Waals surface area contributed by atoms with Crippen molar-refractivity contribution in [2.75, 3.05) is 0 Å². The maximum Gasteiger partial charge on any atom is 0.224 e. The summed E-state index contributed by atoms with van der Waals surface area (Å²) in [7, 11) is 2.00. The zero-order chi connectivity index (χ0) is 17.9. The largest absolute Gasteiger partial charge is 0.463 e. The Morgan fingerprint density at radius 2 is 2.00 bits per heavy atom. The fourth-order valence-corrected chi connectivity index (χ4v) is 3.21. The highest BCUT2D eigenvalue weighted by atomic mass is 16.3. The van der Waals surface area contributed by atoms with E-state index in [0.29, 0.717) is 18.7 Å². The van der Waals surface area contributed by atoms with Crippen LogP contribution >= 0.6 is 0 Å². The van der Waals surface area contributed by atoms with Gasteiger partial charge in [0, 0.05) is 42.5 Å². The number of para-hydroxylation sites is 1. The summed E-state index contributed by atoms with van der Waals surface area (Å²) < 4.78 is 7.49. The fraction of sp³-hybridized carbons (Fsp3) is 0.143. The zero-order valence-electron chi connectivity index (χ0n) is 14.5. The molecule has 3 aromatic heterocycles. The highest BCUT2D eigenvalue weighted by molar-refractivity contribution is 5.89. The van der Waals surface area contributed by atoms with Crippen LogP contribution in [0.25, 0.3) is 22.4 Å². The molecule has 0 saturated heterocycles. The van der Waals surface area contributed by atoms with E-state index in [4.69, 9.17) is 4.42 Å². The van der Waals surface area contributed by atoms with Crippen LogP contribution in [0.1, 0.15) is 11.1 Å². The molecule has 4 aromatic rings. The lowest BCUT2D eigenvalue weighted by atomic mass is 10.1. The summed E-state index contributed by atoms with van der Waals surface area (Å²) in [6, 6.07) is 15.6. The standard InChI is InChI=1S/C21H19N3O2/c1-24-14-16(17-7-2-3-8-18(17)24)12-20(25)23-13-15-6-4-10-22-21(15)19-9-5-11-26-19/h2-11,14H,12-13H2,1H3,(H,23,25). The van der Waals surface area contributed by atoms with Gasteiger partial charge in [0.1, 0.15) is 5.69 Å². The lowest BCUT2D eigenvalue weighted by Crippen LogP contribution is -2.24.